The van der Waals surface area contributed by atoms with Crippen molar-refractivity contribution in [3.05, 3.63) is 54.6 Å². The first-order valence-electron chi connectivity index (χ1n) is 7.07. The lowest BCUT2D eigenvalue weighted by molar-refractivity contribution is -0.118. The number of nitrogens with zero attached hydrogens (tertiary/aromatic N) is 2. The van der Waals surface area contributed by atoms with Gasteiger partial charge in [-0.1, -0.05) is 30.0 Å². The predicted molar refractivity (Wildman–Crippen MR) is 96.4 cm³/mol. The first-order chi connectivity index (χ1) is 11.7. The fraction of sp³-hybridized carbons (Fsp3) is 0.118. The van der Waals surface area contributed by atoms with E-state index in [0.717, 1.165) is 0 Å². The van der Waals surface area contributed by atoms with Crippen LogP contribution in [-0.4, -0.2) is 23.9 Å². The lowest BCUT2D eigenvalue weighted by Gasteiger charge is -2.07. The van der Waals surface area contributed by atoms with Crippen LogP contribution in [0.2, 0.25) is 0 Å². The Balaban J connectivity index is 1.89. The quantitative estimate of drug-likeness (QED) is 0.378. The first kappa shape index (κ1) is 17.4. The molecule has 0 aliphatic rings. The number of rotatable bonds is 5. The maximum absolute atomic E-state index is 11.9. The molecule has 0 heterocycles. The van der Waals surface area contributed by atoms with Crippen molar-refractivity contribution in [2.24, 2.45) is 4.99 Å². The van der Waals surface area contributed by atoms with Crippen LogP contribution in [0.25, 0.3) is 0 Å². The molecule has 0 fully saturated rings. The smallest absolute Gasteiger partial charge is 0.262 e. The third kappa shape index (κ3) is 5.66. The molecule has 2 N–H and O–H groups in total. The zero-order valence-corrected chi connectivity index (χ0v) is 13.8. The molecule has 0 atom stereocenters. The van der Waals surface area contributed by atoms with Crippen LogP contribution in [0.5, 0.6) is 5.75 Å². The fourth-order valence-corrected chi connectivity index (χ4v) is 2.12. The number of hydrogen-bond acceptors (Lipinski definition) is 5. The van der Waals surface area contributed by atoms with Crippen molar-refractivity contribution in [3.63, 3.8) is 0 Å². The standard InChI is InChI=1S/C17H16N4O2S/c1-24-17(19-12-18)21-14-9-7-13(8-10-14)20-16(22)11-23-15-5-3-2-4-6-15/h2-10H,11H2,1H3,(H,19,21)(H,20,22). The molecular formula is C17H16N4O2S. The summed E-state index contributed by atoms with van der Waals surface area (Å²) >= 11 is 1.34. The number of aliphatic imine (C=N–C) groups is 1. The van der Waals surface area contributed by atoms with E-state index in [1.807, 2.05) is 30.6 Å². The average Bonchev–Trinajstić information content (AvgIpc) is 2.62. The molecule has 0 aliphatic carbocycles. The molecule has 0 saturated heterocycles. The van der Waals surface area contributed by atoms with Gasteiger partial charge in [-0.3, -0.25) is 10.1 Å². The molecule has 0 aliphatic heterocycles. The fourth-order valence-electron chi connectivity index (χ4n) is 1.77. The minimum atomic E-state index is -0.244. The second kappa shape index (κ2) is 9.22. The molecule has 0 radical (unpaired) electrons. The highest BCUT2D eigenvalue weighted by Gasteiger charge is 2.04. The molecule has 122 valence electrons. The Morgan fingerprint density at radius 1 is 1.21 bits per heavy atom. The highest BCUT2D eigenvalue weighted by atomic mass is 32.2. The third-order valence-corrected chi connectivity index (χ3v) is 3.43. The molecule has 24 heavy (non-hydrogen) atoms. The number of amidine groups is 1. The van der Waals surface area contributed by atoms with Crippen LogP contribution in [0.4, 0.5) is 11.4 Å². The summed E-state index contributed by atoms with van der Waals surface area (Å²) < 4.78 is 5.38. The van der Waals surface area contributed by atoms with E-state index < -0.39 is 0 Å². The van der Waals surface area contributed by atoms with Crippen LogP contribution in [0, 0.1) is 11.5 Å². The molecule has 1 amide bonds. The monoisotopic (exact) mass is 340 g/mol. The van der Waals surface area contributed by atoms with Gasteiger partial charge in [0.15, 0.2) is 18.0 Å². The summed E-state index contributed by atoms with van der Waals surface area (Å²) in [5.41, 5.74) is 1.33. The Morgan fingerprint density at radius 3 is 2.54 bits per heavy atom. The summed E-state index contributed by atoms with van der Waals surface area (Å²) in [6.45, 7) is -0.0629. The van der Waals surface area contributed by atoms with E-state index in [1.165, 1.54) is 11.8 Å². The number of nitriles is 1. The van der Waals surface area contributed by atoms with Crippen molar-refractivity contribution in [1.82, 2.24) is 5.32 Å². The highest BCUT2D eigenvalue weighted by molar-refractivity contribution is 8.13. The number of thioether (sulfide) groups is 1. The maximum atomic E-state index is 11.9. The van der Waals surface area contributed by atoms with Gasteiger partial charge in [-0.05, 0) is 42.7 Å². The normalized spacial score (nSPS) is 10.6. The Labute approximate surface area is 144 Å². The number of benzene rings is 2. The first-order valence-corrected chi connectivity index (χ1v) is 8.29. The zero-order valence-electron chi connectivity index (χ0n) is 13.0. The van der Waals surface area contributed by atoms with Crippen LogP contribution < -0.4 is 15.4 Å². The Kier molecular flexibility index (Phi) is 6.68. The second-order valence-corrected chi connectivity index (χ2v) is 5.35. The van der Waals surface area contributed by atoms with Crippen molar-refractivity contribution in [2.45, 2.75) is 0 Å². The predicted octanol–water partition coefficient (Wildman–Crippen LogP) is 3.13. The average molecular weight is 340 g/mol. The summed E-state index contributed by atoms with van der Waals surface area (Å²) in [5.74, 6) is 0.401. The number of para-hydroxylation sites is 1. The van der Waals surface area contributed by atoms with Crippen molar-refractivity contribution in [3.8, 4) is 11.9 Å². The van der Waals surface area contributed by atoms with Gasteiger partial charge >= 0.3 is 0 Å². The van der Waals surface area contributed by atoms with Gasteiger partial charge in [-0.2, -0.15) is 5.26 Å². The largest absolute Gasteiger partial charge is 0.484 e. The van der Waals surface area contributed by atoms with E-state index >= 15 is 0 Å². The molecule has 0 bridgehead atoms. The molecule has 2 aromatic carbocycles. The SMILES string of the molecule is CSC(=Nc1ccc(NC(=O)COc2ccccc2)cc1)NC#N. The minimum absolute atomic E-state index is 0.0629. The van der Waals surface area contributed by atoms with Crippen molar-refractivity contribution >= 4 is 34.2 Å². The number of anilines is 1. The summed E-state index contributed by atoms with van der Waals surface area (Å²) in [7, 11) is 0. The molecule has 6 nitrogen and oxygen atoms in total. The van der Waals surface area contributed by atoms with E-state index in [0.29, 0.717) is 22.3 Å². The van der Waals surface area contributed by atoms with Gasteiger partial charge in [0.2, 0.25) is 0 Å². The van der Waals surface area contributed by atoms with Crippen molar-refractivity contribution < 1.29 is 9.53 Å². The molecule has 0 unspecified atom stereocenters. The molecule has 7 heteroatoms. The summed E-state index contributed by atoms with van der Waals surface area (Å²) in [5, 5.41) is 14.4. The molecule has 0 aromatic heterocycles. The van der Waals surface area contributed by atoms with E-state index in [2.05, 4.69) is 15.6 Å². The summed E-state index contributed by atoms with van der Waals surface area (Å²) in [4.78, 5) is 16.1. The van der Waals surface area contributed by atoms with Gasteiger partial charge in [0.25, 0.3) is 5.91 Å². The summed E-state index contributed by atoms with van der Waals surface area (Å²) in [6, 6.07) is 16.1. The molecule has 0 spiro atoms. The Hall–Kier alpha value is -2.98. The van der Waals surface area contributed by atoms with Gasteiger partial charge in [0, 0.05) is 5.69 Å². The van der Waals surface area contributed by atoms with E-state index in [1.54, 1.807) is 36.4 Å². The van der Waals surface area contributed by atoms with Gasteiger partial charge in [0.1, 0.15) is 5.75 Å². The topological polar surface area (TPSA) is 86.5 Å². The lowest BCUT2D eigenvalue weighted by atomic mass is 10.3. The Morgan fingerprint density at radius 2 is 1.92 bits per heavy atom. The lowest BCUT2D eigenvalue weighted by Crippen LogP contribution is -2.20. The second-order valence-electron chi connectivity index (χ2n) is 4.55. The number of nitrogens with one attached hydrogen (secondary N) is 2. The third-order valence-electron chi connectivity index (χ3n) is 2.85. The van der Waals surface area contributed by atoms with Crippen LogP contribution >= 0.6 is 11.8 Å². The van der Waals surface area contributed by atoms with Crippen LogP contribution in [-0.2, 0) is 4.79 Å². The minimum Gasteiger partial charge on any atom is -0.484 e. The Bertz CT molecular complexity index is 739. The van der Waals surface area contributed by atoms with E-state index in [4.69, 9.17) is 10.00 Å². The summed E-state index contributed by atoms with van der Waals surface area (Å²) in [6.07, 6.45) is 3.66. The highest BCUT2D eigenvalue weighted by Crippen LogP contribution is 2.18. The van der Waals surface area contributed by atoms with Crippen LogP contribution in [0.3, 0.4) is 0 Å². The maximum Gasteiger partial charge on any atom is 0.262 e. The number of ether oxygens (including phenoxy) is 1. The molecular weight excluding hydrogens is 324 g/mol. The molecule has 2 aromatic rings. The van der Waals surface area contributed by atoms with Gasteiger partial charge < -0.3 is 10.1 Å². The number of amides is 1. The molecule has 2 rings (SSSR count). The van der Waals surface area contributed by atoms with Crippen molar-refractivity contribution in [1.29, 1.82) is 5.26 Å². The van der Waals surface area contributed by atoms with Crippen LogP contribution in [0.15, 0.2) is 59.6 Å². The number of carbonyl (C=O) groups excluding carboxylic acids is 1. The number of hydrogen-bond donors (Lipinski definition) is 2. The van der Waals surface area contributed by atoms with Gasteiger partial charge in [0.05, 0.1) is 5.69 Å². The van der Waals surface area contributed by atoms with Gasteiger partial charge in [-0.25, -0.2) is 4.99 Å². The number of carbonyl (C=O) groups is 1. The van der Waals surface area contributed by atoms with Crippen molar-refractivity contribution in [2.75, 3.05) is 18.2 Å². The zero-order chi connectivity index (χ0) is 17.2. The van der Waals surface area contributed by atoms with E-state index in [-0.39, 0.29) is 12.5 Å². The van der Waals surface area contributed by atoms with Gasteiger partial charge in [-0.15, -0.1) is 0 Å². The molecule has 0 saturated carbocycles. The van der Waals surface area contributed by atoms with Crippen LogP contribution in [0.1, 0.15) is 0 Å². The van der Waals surface area contributed by atoms with E-state index in [9.17, 15) is 4.79 Å².